The molecule has 1 rings (SSSR count). The molecule has 18 heavy (non-hydrogen) atoms. The number of carbonyl (C=O) groups excluding carboxylic acids is 2. The fourth-order valence-corrected chi connectivity index (χ4v) is 1.32. The quantitative estimate of drug-likeness (QED) is 0.606. The second kappa shape index (κ2) is 5.62. The van der Waals surface area contributed by atoms with E-state index in [4.69, 9.17) is 10.5 Å². The summed E-state index contributed by atoms with van der Waals surface area (Å²) in [5.41, 5.74) is 4.33. The first-order valence-corrected chi connectivity index (χ1v) is 4.98. The van der Waals surface area contributed by atoms with Gasteiger partial charge in [0.1, 0.15) is 0 Å². The number of nitrogens with zero attached hydrogens (tertiary/aromatic N) is 1. The van der Waals surface area contributed by atoms with Crippen molar-refractivity contribution in [2.24, 2.45) is 5.73 Å². The summed E-state index contributed by atoms with van der Waals surface area (Å²) in [6, 6.07) is 2.77. The second-order valence-electron chi connectivity index (χ2n) is 3.16. The fourth-order valence-electron chi connectivity index (χ4n) is 1.32. The van der Waals surface area contributed by atoms with Gasteiger partial charge in [-0.05, 0) is 13.0 Å². The number of carbonyl (C=O) groups is 2. The van der Waals surface area contributed by atoms with Gasteiger partial charge in [0.25, 0.3) is 5.91 Å². The maximum Gasteiger partial charge on any atom is 0.319 e. The number of nitro groups is 1. The van der Waals surface area contributed by atoms with Crippen LogP contribution in [0, 0.1) is 10.1 Å². The molecule has 8 heteroatoms. The lowest BCUT2D eigenvalue weighted by Crippen LogP contribution is -2.35. The average molecular weight is 253 g/mol. The molecule has 0 unspecified atom stereocenters. The maximum atomic E-state index is 11.6. The molecule has 0 bridgehead atoms. The molecule has 8 nitrogen and oxygen atoms in total. The van der Waals surface area contributed by atoms with Gasteiger partial charge in [-0.25, -0.2) is 4.79 Å². The number of para-hydroxylation sites is 1. The zero-order valence-corrected chi connectivity index (χ0v) is 9.50. The molecule has 0 atom stereocenters. The van der Waals surface area contributed by atoms with E-state index >= 15 is 0 Å². The summed E-state index contributed by atoms with van der Waals surface area (Å²) in [7, 11) is 0. The number of nitrogens with two attached hydrogens (primary N) is 1. The first-order chi connectivity index (χ1) is 8.47. The van der Waals surface area contributed by atoms with Crippen LogP contribution >= 0.6 is 0 Å². The molecule has 3 amide bonds. The fraction of sp³-hybridized carbons (Fsp3) is 0.200. The molecule has 0 aliphatic heterocycles. The van der Waals surface area contributed by atoms with Gasteiger partial charge in [0.2, 0.25) is 5.75 Å². The van der Waals surface area contributed by atoms with Crippen LogP contribution in [0.5, 0.6) is 5.75 Å². The highest BCUT2D eigenvalue weighted by atomic mass is 16.6. The standard InChI is InChI=1S/C10H11N3O5/c1-2-18-8-6(9(14)12-10(11)15)4-3-5-7(8)13(16)17/h3-5H,2H2,1H3,(H3,11,12,14,15). The Morgan fingerprint density at radius 1 is 1.50 bits per heavy atom. The van der Waals surface area contributed by atoms with Gasteiger partial charge in [0.05, 0.1) is 17.1 Å². The molecular formula is C10H11N3O5. The van der Waals surface area contributed by atoms with Crippen molar-refractivity contribution >= 4 is 17.6 Å². The normalized spacial score (nSPS) is 9.61. The summed E-state index contributed by atoms with van der Waals surface area (Å²) in [5, 5.41) is 12.6. The third-order valence-corrected chi connectivity index (χ3v) is 1.96. The summed E-state index contributed by atoms with van der Waals surface area (Å²) in [6.45, 7) is 1.76. The molecule has 0 heterocycles. The van der Waals surface area contributed by atoms with E-state index in [2.05, 4.69) is 0 Å². The summed E-state index contributed by atoms with van der Waals surface area (Å²) in [5.74, 6) is -1.04. The highest BCUT2D eigenvalue weighted by molar-refractivity contribution is 6.06. The maximum absolute atomic E-state index is 11.6. The second-order valence-corrected chi connectivity index (χ2v) is 3.16. The SMILES string of the molecule is CCOc1c(C(=O)NC(N)=O)cccc1[N+](=O)[O-]. The van der Waals surface area contributed by atoms with Crippen molar-refractivity contribution in [3.05, 3.63) is 33.9 Å². The van der Waals surface area contributed by atoms with Crippen molar-refractivity contribution in [3.63, 3.8) is 0 Å². The van der Waals surface area contributed by atoms with Gasteiger partial charge in [0, 0.05) is 6.07 Å². The van der Waals surface area contributed by atoms with Crippen molar-refractivity contribution in [1.82, 2.24) is 5.32 Å². The van der Waals surface area contributed by atoms with Crippen LogP contribution < -0.4 is 15.8 Å². The zero-order chi connectivity index (χ0) is 13.7. The molecule has 0 spiro atoms. The van der Waals surface area contributed by atoms with Gasteiger partial charge in [0.15, 0.2) is 0 Å². The molecule has 3 N–H and O–H groups in total. The molecular weight excluding hydrogens is 242 g/mol. The minimum Gasteiger partial charge on any atom is -0.487 e. The first-order valence-electron chi connectivity index (χ1n) is 4.98. The van der Waals surface area contributed by atoms with Crippen molar-refractivity contribution in [1.29, 1.82) is 0 Å². The minimum absolute atomic E-state index is 0.121. The topological polar surface area (TPSA) is 125 Å². The summed E-state index contributed by atoms with van der Waals surface area (Å²) >= 11 is 0. The summed E-state index contributed by atoms with van der Waals surface area (Å²) < 4.78 is 5.08. The number of nitro benzene ring substituents is 1. The minimum atomic E-state index is -1.05. The molecule has 1 aromatic rings. The van der Waals surface area contributed by atoms with E-state index in [1.165, 1.54) is 18.2 Å². The Balaban J connectivity index is 3.25. The zero-order valence-electron chi connectivity index (χ0n) is 9.50. The van der Waals surface area contributed by atoms with Gasteiger partial charge >= 0.3 is 11.7 Å². The molecule has 0 aromatic heterocycles. The van der Waals surface area contributed by atoms with Crippen molar-refractivity contribution < 1.29 is 19.2 Å². The molecule has 0 aliphatic rings. The number of benzene rings is 1. The van der Waals surface area contributed by atoms with Crippen molar-refractivity contribution in [2.75, 3.05) is 6.61 Å². The number of hydrogen-bond donors (Lipinski definition) is 2. The Hall–Kier alpha value is -2.64. The third-order valence-electron chi connectivity index (χ3n) is 1.96. The summed E-state index contributed by atoms with van der Waals surface area (Å²) in [6.07, 6.45) is 0. The number of nitrogens with one attached hydrogen (secondary N) is 1. The lowest BCUT2D eigenvalue weighted by atomic mass is 10.1. The molecule has 0 saturated heterocycles. The van der Waals surface area contributed by atoms with Crippen molar-refractivity contribution in [2.45, 2.75) is 6.92 Å². The van der Waals surface area contributed by atoms with Gasteiger partial charge in [-0.15, -0.1) is 0 Å². The highest BCUT2D eigenvalue weighted by Gasteiger charge is 2.23. The van der Waals surface area contributed by atoms with Crippen LogP contribution in [0.25, 0.3) is 0 Å². The Labute approximate surface area is 102 Å². The van der Waals surface area contributed by atoms with E-state index in [9.17, 15) is 19.7 Å². The third kappa shape index (κ3) is 2.94. The molecule has 1 aromatic carbocycles. The predicted octanol–water partition coefficient (Wildman–Crippen LogP) is 0.802. The van der Waals surface area contributed by atoms with Crippen LogP contribution in [0.1, 0.15) is 17.3 Å². The number of ether oxygens (including phenoxy) is 1. The molecule has 0 fully saturated rings. The predicted molar refractivity (Wildman–Crippen MR) is 61.3 cm³/mol. The number of primary amides is 1. The highest BCUT2D eigenvalue weighted by Crippen LogP contribution is 2.30. The van der Waals surface area contributed by atoms with E-state index in [0.717, 1.165) is 0 Å². The molecule has 0 aliphatic carbocycles. The first kappa shape index (κ1) is 13.4. The number of urea groups is 1. The van der Waals surface area contributed by atoms with Crippen LogP contribution in [-0.2, 0) is 0 Å². The van der Waals surface area contributed by atoms with E-state index in [1.54, 1.807) is 6.92 Å². The Kier molecular flexibility index (Phi) is 4.19. The average Bonchev–Trinajstić information content (AvgIpc) is 2.28. The van der Waals surface area contributed by atoms with Gasteiger partial charge in [-0.2, -0.15) is 0 Å². The van der Waals surface area contributed by atoms with E-state index < -0.39 is 16.9 Å². The van der Waals surface area contributed by atoms with Crippen LogP contribution in [0.2, 0.25) is 0 Å². The Morgan fingerprint density at radius 2 is 2.17 bits per heavy atom. The van der Waals surface area contributed by atoms with Gasteiger partial charge < -0.3 is 10.5 Å². The van der Waals surface area contributed by atoms with Crippen LogP contribution in [0.15, 0.2) is 18.2 Å². The van der Waals surface area contributed by atoms with Crippen LogP contribution in [0.4, 0.5) is 10.5 Å². The summed E-state index contributed by atoms with van der Waals surface area (Å²) in [4.78, 5) is 32.3. The molecule has 0 radical (unpaired) electrons. The van der Waals surface area contributed by atoms with Crippen LogP contribution in [0.3, 0.4) is 0 Å². The van der Waals surface area contributed by atoms with Gasteiger partial charge in [-0.1, -0.05) is 6.07 Å². The largest absolute Gasteiger partial charge is 0.487 e. The van der Waals surface area contributed by atoms with Crippen molar-refractivity contribution in [3.8, 4) is 5.75 Å². The van der Waals surface area contributed by atoms with E-state index in [-0.39, 0.29) is 23.6 Å². The van der Waals surface area contributed by atoms with E-state index in [1.807, 2.05) is 5.32 Å². The molecule has 0 saturated carbocycles. The number of amides is 3. The Bertz CT molecular complexity index is 500. The van der Waals surface area contributed by atoms with Gasteiger partial charge in [-0.3, -0.25) is 20.2 Å². The molecule has 96 valence electrons. The number of hydrogen-bond acceptors (Lipinski definition) is 5. The lowest BCUT2D eigenvalue weighted by molar-refractivity contribution is -0.385. The monoisotopic (exact) mass is 253 g/mol. The smallest absolute Gasteiger partial charge is 0.319 e. The lowest BCUT2D eigenvalue weighted by Gasteiger charge is -2.09. The van der Waals surface area contributed by atoms with E-state index in [0.29, 0.717) is 0 Å². The number of imide groups is 1. The Morgan fingerprint density at radius 3 is 2.67 bits per heavy atom. The number of rotatable bonds is 4. The van der Waals surface area contributed by atoms with Crippen LogP contribution in [-0.4, -0.2) is 23.5 Å².